The van der Waals surface area contributed by atoms with Gasteiger partial charge in [0.25, 0.3) is 0 Å². The van der Waals surface area contributed by atoms with Gasteiger partial charge >= 0.3 is 6.03 Å². The molecule has 1 atom stereocenters. The molecule has 4 nitrogen and oxygen atoms in total. The summed E-state index contributed by atoms with van der Waals surface area (Å²) in [7, 11) is 1.58. The van der Waals surface area contributed by atoms with Crippen LogP contribution in [0.1, 0.15) is 12.5 Å². The first kappa shape index (κ1) is 14.4. The number of rotatable bonds is 6. The SMILES string of the molecule is COCC(C)NC(=O)NCCc1ccccc1F. The van der Waals surface area contributed by atoms with Crippen LogP contribution in [-0.2, 0) is 11.2 Å². The molecule has 0 aromatic heterocycles. The van der Waals surface area contributed by atoms with Gasteiger partial charge in [0, 0.05) is 13.7 Å². The fraction of sp³-hybridized carbons (Fsp3) is 0.462. The molecule has 0 heterocycles. The zero-order valence-electron chi connectivity index (χ0n) is 10.7. The van der Waals surface area contributed by atoms with Gasteiger partial charge in [-0.1, -0.05) is 18.2 Å². The summed E-state index contributed by atoms with van der Waals surface area (Å²) in [4.78, 5) is 11.4. The topological polar surface area (TPSA) is 50.4 Å². The molecule has 0 spiro atoms. The summed E-state index contributed by atoms with van der Waals surface area (Å²) in [6.07, 6.45) is 0.471. The number of benzene rings is 1. The quantitative estimate of drug-likeness (QED) is 0.812. The van der Waals surface area contributed by atoms with Crippen molar-refractivity contribution in [2.75, 3.05) is 20.3 Å². The van der Waals surface area contributed by atoms with E-state index in [0.29, 0.717) is 25.1 Å². The normalized spacial score (nSPS) is 11.9. The van der Waals surface area contributed by atoms with Crippen LogP contribution in [0.4, 0.5) is 9.18 Å². The zero-order valence-corrected chi connectivity index (χ0v) is 10.7. The molecule has 0 aliphatic carbocycles. The van der Waals surface area contributed by atoms with Crippen molar-refractivity contribution in [2.45, 2.75) is 19.4 Å². The Hall–Kier alpha value is -1.62. The van der Waals surface area contributed by atoms with Crippen molar-refractivity contribution in [1.82, 2.24) is 10.6 Å². The van der Waals surface area contributed by atoms with Crippen LogP contribution in [0.15, 0.2) is 24.3 Å². The summed E-state index contributed by atoms with van der Waals surface area (Å²) >= 11 is 0. The molecular formula is C13H19FN2O2. The molecule has 0 radical (unpaired) electrons. The van der Waals surface area contributed by atoms with Crippen molar-refractivity contribution in [3.05, 3.63) is 35.6 Å². The summed E-state index contributed by atoms with van der Waals surface area (Å²) in [5.41, 5.74) is 0.600. The van der Waals surface area contributed by atoms with Gasteiger partial charge in [-0.3, -0.25) is 0 Å². The largest absolute Gasteiger partial charge is 0.383 e. The van der Waals surface area contributed by atoms with Gasteiger partial charge in [-0.05, 0) is 25.0 Å². The van der Waals surface area contributed by atoms with Gasteiger partial charge in [-0.25, -0.2) is 9.18 Å². The van der Waals surface area contributed by atoms with E-state index in [0.717, 1.165) is 0 Å². The first-order valence-corrected chi connectivity index (χ1v) is 5.90. The highest BCUT2D eigenvalue weighted by atomic mass is 19.1. The molecule has 0 aliphatic rings. The number of hydrogen-bond acceptors (Lipinski definition) is 2. The second-order valence-electron chi connectivity index (χ2n) is 4.10. The van der Waals surface area contributed by atoms with Crippen molar-refractivity contribution in [3.8, 4) is 0 Å². The summed E-state index contributed by atoms with van der Waals surface area (Å²) in [6, 6.07) is 6.22. The van der Waals surface area contributed by atoms with Gasteiger partial charge < -0.3 is 15.4 Å². The van der Waals surface area contributed by atoms with Crippen LogP contribution in [0.2, 0.25) is 0 Å². The fourth-order valence-corrected chi connectivity index (χ4v) is 1.58. The molecule has 2 N–H and O–H groups in total. The Kier molecular flexibility index (Phi) is 6.14. The number of carbonyl (C=O) groups is 1. The molecule has 18 heavy (non-hydrogen) atoms. The second-order valence-corrected chi connectivity index (χ2v) is 4.10. The number of nitrogens with one attached hydrogen (secondary N) is 2. The Morgan fingerprint density at radius 3 is 2.83 bits per heavy atom. The van der Waals surface area contributed by atoms with E-state index in [4.69, 9.17) is 4.74 Å². The smallest absolute Gasteiger partial charge is 0.315 e. The Morgan fingerprint density at radius 1 is 1.44 bits per heavy atom. The third-order valence-electron chi connectivity index (χ3n) is 2.43. The lowest BCUT2D eigenvalue weighted by molar-refractivity contribution is 0.171. The van der Waals surface area contributed by atoms with E-state index in [2.05, 4.69) is 10.6 Å². The fourth-order valence-electron chi connectivity index (χ4n) is 1.58. The average molecular weight is 254 g/mol. The van der Waals surface area contributed by atoms with E-state index in [9.17, 15) is 9.18 Å². The highest BCUT2D eigenvalue weighted by Crippen LogP contribution is 2.05. The molecule has 0 aliphatic heterocycles. The van der Waals surface area contributed by atoms with Crippen LogP contribution in [0, 0.1) is 5.82 Å². The molecule has 1 aromatic rings. The van der Waals surface area contributed by atoms with Crippen molar-refractivity contribution >= 4 is 6.03 Å². The summed E-state index contributed by atoms with van der Waals surface area (Å²) < 4.78 is 18.2. The van der Waals surface area contributed by atoms with Crippen LogP contribution in [0.3, 0.4) is 0 Å². The number of carbonyl (C=O) groups excluding carboxylic acids is 1. The van der Waals surface area contributed by atoms with Crippen LogP contribution < -0.4 is 10.6 Å². The third kappa shape index (κ3) is 5.14. The van der Waals surface area contributed by atoms with Crippen LogP contribution in [-0.4, -0.2) is 32.3 Å². The van der Waals surface area contributed by atoms with Gasteiger partial charge in [0.05, 0.1) is 12.6 Å². The van der Waals surface area contributed by atoms with E-state index >= 15 is 0 Å². The Morgan fingerprint density at radius 2 is 2.17 bits per heavy atom. The monoisotopic (exact) mass is 254 g/mol. The maximum atomic E-state index is 13.3. The van der Waals surface area contributed by atoms with Gasteiger partial charge in [-0.15, -0.1) is 0 Å². The number of halogens is 1. The summed E-state index contributed by atoms with van der Waals surface area (Å²) in [5, 5.41) is 5.39. The van der Waals surface area contributed by atoms with E-state index in [1.807, 2.05) is 6.92 Å². The second kappa shape index (κ2) is 7.66. The molecule has 1 rings (SSSR count). The minimum Gasteiger partial charge on any atom is -0.383 e. The van der Waals surface area contributed by atoms with Crippen molar-refractivity contribution in [3.63, 3.8) is 0 Å². The number of urea groups is 1. The highest BCUT2D eigenvalue weighted by Gasteiger charge is 2.06. The zero-order chi connectivity index (χ0) is 13.4. The third-order valence-corrected chi connectivity index (χ3v) is 2.43. The van der Waals surface area contributed by atoms with Crippen LogP contribution in [0.5, 0.6) is 0 Å². The van der Waals surface area contributed by atoms with Gasteiger partial charge in [0.1, 0.15) is 5.82 Å². The summed E-state index contributed by atoms with van der Waals surface area (Å²) in [6.45, 7) is 2.70. The lowest BCUT2D eigenvalue weighted by Crippen LogP contribution is -2.43. The molecule has 5 heteroatoms. The minimum absolute atomic E-state index is 0.0524. The molecule has 0 saturated carbocycles. The first-order chi connectivity index (χ1) is 8.63. The highest BCUT2D eigenvalue weighted by molar-refractivity contribution is 5.74. The Bertz CT molecular complexity index is 385. The molecule has 0 saturated heterocycles. The molecule has 1 aromatic carbocycles. The molecule has 0 bridgehead atoms. The predicted molar refractivity (Wildman–Crippen MR) is 68.0 cm³/mol. The summed E-state index contributed by atoms with van der Waals surface area (Å²) in [5.74, 6) is -0.243. The van der Waals surface area contributed by atoms with Crippen LogP contribution >= 0.6 is 0 Å². The van der Waals surface area contributed by atoms with Crippen molar-refractivity contribution in [1.29, 1.82) is 0 Å². The molecule has 0 fully saturated rings. The molecule has 100 valence electrons. The van der Waals surface area contributed by atoms with E-state index in [-0.39, 0.29) is 17.9 Å². The van der Waals surface area contributed by atoms with Crippen LogP contribution in [0.25, 0.3) is 0 Å². The first-order valence-electron chi connectivity index (χ1n) is 5.90. The van der Waals surface area contributed by atoms with Gasteiger partial charge in [0.2, 0.25) is 0 Å². The number of amides is 2. The maximum Gasteiger partial charge on any atom is 0.315 e. The minimum atomic E-state index is -0.268. The standard InChI is InChI=1S/C13H19FN2O2/c1-10(9-18-2)16-13(17)15-8-7-11-5-3-4-6-12(11)14/h3-6,10H,7-9H2,1-2H3,(H2,15,16,17). The average Bonchev–Trinajstić information content (AvgIpc) is 2.31. The number of ether oxygens (including phenoxy) is 1. The van der Waals surface area contributed by atoms with Crippen molar-refractivity contribution < 1.29 is 13.9 Å². The predicted octanol–water partition coefficient (Wildman–Crippen LogP) is 1.70. The van der Waals surface area contributed by atoms with Crippen molar-refractivity contribution in [2.24, 2.45) is 0 Å². The maximum absolute atomic E-state index is 13.3. The Balaban J connectivity index is 2.25. The number of hydrogen-bond donors (Lipinski definition) is 2. The van der Waals surface area contributed by atoms with Gasteiger partial charge in [0.15, 0.2) is 0 Å². The van der Waals surface area contributed by atoms with Gasteiger partial charge in [-0.2, -0.15) is 0 Å². The van der Waals surface area contributed by atoms with E-state index in [1.54, 1.807) is 25.3 Å². The van der Waals surface area contributed by atoms with E-state index in [1.165, 1.54) is 6.07 Å². The molecular weight excluding hydrogens is 235 g/mol. The number of methoxy groups -OCH3 is 1. The van der Waals surface area contributed by atoms with E-state index < -0.39 is 0 Å². The lowest BCUT2D eigenvalue weighted by Gasteiger charge is -2.13. The molecule has 2 amide bonds. The molecule has 1 unspecified atom stereocenters. The Labute approximate surface area is 107 Å². The lowest BCUT2D eigenvalue weighted by atomic mass is 10.1.